The number of ether oxygens (including phenoxy) is 2. The van der Waals surface area contributed by atoms with Gasteiger partial charge in [-0.25, -0.2) is 0 Å². The summed E-state index contributed by atoms with van der Waals surface area (Å²) in [6, 6.07) is 5.51. The molecule has 0 atom stereocenters. The number of hydrogen-bond donors (Lipinski definition) is 1. The lowest BCUT2D eigenvalue weighted by molar-refractivity contribution is 0.357. The van der Waals surface area contributed by atoms with Gasteiger partial charge in [0.05, 0.1) is 14.2 Å². The van der Waals surface area contributed by atoms with Crippen molar-refractivity contribution >= 4 is 14.9 Å². The molecule has 0 spiro atoms. The summed E-state index contributed by atoms with van der Waals surface area (Å²) in [7, 11) is 1.97. The smallest absolute Gasteiger partial charge is 0.192 e. The zero-order chi connectivity index (χ0) is 8.97. The standard InChI is InChI=1S/C8H12O3Si/c1-10-6-4-3-5-7(12-9)8(6)11-2/h3-5,9H,12H2,1-2H3. The number of rotatable bonds is 3. The summed E-state index contributed by atoms with van der Waals surface area (Å²) in [6.45, 7) is 0. The van der Waals surface area contributed by atoms with Crippen LogP contribution in [0.4, 0.5) is 0 Å². The zero-order valence-corrected chi connectivity index (χ0v) is 8.62. The second kappa shape index (κ2) is 4.13. The lowest BCUT2D eigenvalue weighted by Crippen LogP contribution is -2.16. The van der Waals surface area contributed by atoms with Crippen LogP contribution in [0.5, 0.6) is 11.5 Å². The normalized spacial score (nSPS) is 10.6. The third-order valence-corrected chi connectivity index (χ3v) is 2.55. The molecule has 12 heavy (non-hydrogen) atoms. The van der Waals surface area contributed by atoms with Crippen molar-refractivity contribution in [2.75, 3.05) is 14.2 Å². The number of hydrogen-bond acceptors (Lipinski definition) is 3. The molecule has 0 aliphatic rings. The van der Waals surface area contributed by atoms with E-state index in [4.69, 9.17) is 14.3 Å². The number of methoxy groups -OCH3 is 2. The summed E-state index contributed by atoms with van der Waals surface area (Å²) in [6.07, 6.45) is 0. The van der Waals surface area contributed by atoms with E-state index in [-0.39, 0.29) is 0 Å². The maximum atomic E-state index is 9.07. The van der Waals surface area contributed by atoms with Crippen molar-refractivity contribution in [3.8, 4) is 11.5 Å². The highest BCUT2D eigenvalue weighted by Crippen LogP contribution is 2.22. The first-order valence-corrected chi connectivity index (χ1v) is 4.98. The molecular formula is C8H12O3Si. The lowest BCUT2D eigenvalue weighted by Gasteiger charge is -2.09. The van der Waals surface area contributed by atoms with E-state index in [1.807, 2.05) is 18.2 Å². The third-order valence-electron chi connectivity index (χ3n) is 1.65. The first-order chi connectivity index (χ1) is 5.83. The van der Waals surface area contributed by atoms with Gasteiger partial charge in [-0.2, -0.15) is 0 Å². The first-order valence-electron chi connectivity index (χ1n) is 3.64. The largest absolute Gasteiger partial charge is 0.493 e. The molecule has 1 aromatic carbocycles. The van der Waals surface area contributed by atoms with Crippen molar-refractivity contribution in [3.05, 3.63) is 18.2 Å². The maximum absolute atomic E-state index is 9.07. The molecule has 0 unspecified atom stereocenters. The predicted molar refractivity (Wildman–Crippen MR) is 49.9 cm³/mol. The van der Waals surface area contributed by atoms with E-state index in [2.05, 4.69) is 0 Å². The molecular weight excluding hydrogens is 172 g/mol. The molecule has 0 amide bonds. The van der Waals surface area contributed by atoms with Gasteiger partial charge in [0.25, 0.3) is 0 Å². The molecule has 1 N–H and O–H groups in total. The van der Waals surface area contributed by atoms with Crippen LogP contribution < -0.4 is 14.7 Å². The van der Waals surface area contributed by atoms with E-state index in [1.165, 1.54) is 0 Å². The first kappa shape index (κ1) is 9.09. The summed E-state index contributed by atoms with van der Waals surface area (Å²) in [5.41, 5.74) is 0. The number of benzene rings is 1. The van der Waals surface area contributed by atoms with E-state index >= 15 is 0 Å². The molecule has 0 saturated carbocycles. The number of para-hydroxylation sites is 1. The van der Waals surface area contributed by atoms with Crippen LogP contribution in [0.1, 0.15) is 0 Å². The van der Waals surface area contributed by atoms with Gasteiger partial charge in [-0.05, 0) is 6.07 Å². The average molecular weight is 184 g/mol. The zero-order valence-electron chi connectivity index (χ0n) is 7.20. The molecule has 0 heterocycles. The van der Waals surface area contributed by atoms with Gasteiger partial charge >= 0.3 is 0 Å². The molecule has 0 fully saturated rings. The van der Waals surface area contributed by atoms with Crippen molar-refractivity contribution in [2.45, 2.75) is 0 Å². The molecule has 4 heteroatoms. The lowest BCUT2D eigenvalue weighted by atomic mass is 10.3. The molecule has 0 bridgehead atoms. The summed E-state index contributed by atoms with van der Waals surface area (Å²) < 4.78 is 10.2. The molecule has 0 radical (unpaired) electrons. The molecule has 0 saturated heterocycles. The molecule has 3 nitrogen and oxygen atoms in total. The fourth-order valence-corrected chi connectivity index (χ4v) is 1.78. The Labute approximate surface area is 73.9 Å². The summed E-state index contributed by atoms with van der Waals surface area (Å²) in [4.78, 5) is 9.07. The van der Waals surface area contributed by atoms with Crippen molar-refractivity contribution in [2.24, 2.45) is 0 Å². The van der Waals surface area contributed by atoms with Gasteiger partial charge in [-0.3, -0.25) is 0 Å². The molecule has 1 rings (SSSR count). The molecule has 0 aliphatic carbocycles. The highest BCUT2D eigenvalue weighted by molar-refractivity contribution is 6.47. The van der Waals surface area contributed by atoms with Gasteiger partial charge in [0.15, 0.2) is 21.3 Å². The Balaban J connectivity index is 3.13. The van der Waals surface area contributed by atoms with Gasteiger partial charge in [0.1, 0.15) is 0 Å². The van der Waals surface area contributed by atoms with Gasteiger partial charge in [0, 0.05) is 5.19 Å². The van der Waals surface area contributed by atoms with Crippen molar-refractivity contribution in [3.63, 3.8) is 0 Å². The Morgan fingerprint density at radius 1 is 1.25 bits per heavy atom. The van der Waals surface area contributed by atoms with Crippen molar-refractivity contribution in [1.29, 1.82) is 0 Å². The Hall–Kier alpha value is -1.00. The fourth-order valence-electron chi connectivity index (χ4n) is 1.08. The Bertz CT molecular complexity index is 240. The van der Waals surface area contributed by atoms with Crippen LogP contribution >= 0.6 is 0 Å². The van der Waals surface area contributed by atoms with Crippen LogP contribution in [-0.4, -0.2) is 28.8 Å². The van der Waals surface area contributed by atoms with Gasteiger partial charge in [0.2, 0.25) is 0 Å². The van der Waals surface area contributed by atoms with Crippen LogP contribution in [-0.2, 0) is 0 Å². The van der Waals surface area contributed by atoms with E-state index in [9.17, 15) is 0 Å². The van der Waals surface area contributed by atoms with E-state index in [0.29, 0.717) is 11.5 Å². The summed E-state index contributed by atoms with van der Waals surface area (Å²) in [5, 5.41) is 0.872. The van der Waals surface area contributed by atoms with Gasteiger partial charge < -0.3 is 14.3 Å². The minimum atomic E-state index is -1.18. The van der Waals surface area contributed by atoms with Crippen LogP contribution in [0, 0.1) is 0 Å². The Kier molecular flexibility index (Phi) is 3.13. The topological polar surface area (TPSA) is 38.7 Å². The van der Waals surface area contributed by atoms with Crippen molar-refractivity contribution < 1.29 is 14.3 Å². The monoisotopic (exact) mass is 184 g/mol. The van der Waals surface area contributed by atoms with E-state index < -0.39 is 9.76 Å². The second-order valence-corrected chi connectivity index (χ2v) is 3.39. The molecule has 0 aromatic heterocycles. The Morgan fingerprint density at radius 3 is 2.50 bits per heavy atom. The maximum Gasteiger partial charge on any atom is 0.192 e. The highest BCUT2D eigenvalue weighted by atomic mass is 28.2. The quantitative estimate of drug-likeness (QED) is 0.638. The van der Waals surface area contributed by atoms with E-state index in [0.717, 1.165) is 5.19 Å². The Morgan fingerprint density at radius 2 is 2.00 bits per heavy atom. The average Bonchev–Trinajstić information content (AvgIpc) is 2.16. The van der Waals surface area contributed by atoms with Gasteiger partial charge in [-0.15, -0.1) is 0 Å². The second-order valence-electron chi connectivity index (χ2n) is 2.31. The predicted octanol–water partition coefficient (Wildman–Crippen LogP) is -0.595. The van der Waals surface area contributed by atoms with Crippen LogP contribution in [0.25, 0.3) is 0 Å². The molecule has 0 aliphatic heterocycles. The van der Waals surface area contributed by atoms with Crippen LogP contribution in [0.2, 0.25) is 0 Å². The SMILES string of the molecule is COc1cccc([SiH2]O)c1OC. The molecule has 1 aromatic rings. The summed E-state index contributed by atoms with van der Waals surface area (Å²) in [5.74, 6) is 1.34. The minimum Gasteiger partial charge on any atom is -0.493 e. The fraction of sp³-hybridized carbons (Fsp3) is 0.250. The minimum absolute atomic E-state index is 0.661. The van der Waals surface area contributed by atoms with Crippen molar-refractivity contribution in [1.82, 2.24) is 0 Å². The summed E-state index contributed by atoms with van der Waals surface area (Å²) >= 11 is 0. The highest BCUT2D eigenvalue weighted by Gasteiger charge is 2.07. The van der Waals surface area contributed by atoms with Gasteiger partial charge in [-0.1, -0.05) is 12.1 Å². The molecule has 66 valence electrons. The third kappa shape index (κ3) is 1.59. The van der Waals surface area contributed by atoms with E-state index in [1.54, 1.807) is 14.2 Å². The van der Waals surface area contributed by atoms with Crippen LogP contribution in [0.3, 0.4) is 0 Å². The van der Waals surface area contributed by atoms with Crippen LogP contribution in [0.15, 0.2) is 18.2 Å².